The Hall–Kier alpha value is -2.32. The van der Waals surface area contributed by atoms with Gasteiger partial charge in [-0.05, 0) is 92.4 Å². The van der Waals surface area contributed by atoms with Crippen LogP contribution in [0.4, 0.5) is 38.0 Å². The van der Waals surface area contributed by atoms with Crippen molar-refractivity contribution >= 4 is 11.6 Å². The van der Waals surface area contributed by atoms with Gasteiger partial charge in [-0.15, -0.1) is 0 Å². The highest BCUT2D eigenvalue weighted by molar-refractivity contribution is 5.56. The molecule has 9 heteroatoms. The van der Waals surface area contributed by atoms with Gasteiger partial charge in [0.25, 0.3) is 0 Å². The first-order valence-electron chi connectivity index (χ1n) is 11.3. The SMILES string of the molecule is FC(F)(F)c1ccc(N(CCC23CC4CC(CC(C4)C2)C3)c2ccc(C(F)(F)F)cn2)nc1. The monoisotopic (exact) mass is 469 g/mol. The first kappa shape index (κ1) is 22.5. The van der Waals surface area contributed by atoms with E-state index >= 15 is 0 Å². The van der Waals surface area contributed by atoms with E-state index in [1.807, 2.05) is 0 Å². The van der Waals surface area contributed by atoms with Gasteiger partial charge < -0.3 is 4.90 Å². The van der Waals surface area contributed by atoms with E-state index in [9.17, 15) is 26.3 Å². The molecular formula is C24H25F6N3. The normalized spacial score (nSPS) is 28.8. The van der Waals surface area contributed by atoms with Crippen LogP contribution in [0.5, 0.6) is 0 Å². The summed E-state index contributed by atoms with van der Waals surface area (Å²) in [6.07, 6.45) is 0.688. The van der Waals surface area contributed by atoms with Crippen LogP contribution in [0, 0.1) is 23.2 Å². The summed E-state index contributed by atoms with van der Waals surface area (Å²) in [5.41, 5.74) is -1.54. The third-order valence-corrected chi connectivity index (χ3v) is 7.73. The topological polar surface area (TPSA) is 29.0 Å². The number of hydrogen-bond acceptors (Lipinski definition) is 3. The van der Waals surface area contributed by atoms with Crippen molar-refractivity contribution in [2.24, 2.45) is 23.2 Å². The molecule has 4 bridgehead atoms. The Morgan fingerprint density at radius 2 is 1.15 bits per heavy atom. The van der Waals surface area contributed by atoms with Crippen molar-refractivity contribution in [2.45, 2.75) is 57.3 Å². The smallest absolute Gasteiger partial charge is 0.311 e. The number of anilines is 2. The Bertz CT molecular complexity index is 888. The number of halogens is 6. The van der Waals surface area contributed by atoms with Crippen LogP contribution in [0.25, 0.3) is 0 Å². The van der Waals surface area contributed by atoms with E-state index < -0.39 is 23.5 Å². The quantitative estimate of drug-likeness (QED) is 0.432. The minimum absolute atomic E-state index is 0.199. The van der Waals surface area contributed by atoms with Crippen molar-refractivity contribution in [3.8, 4) is 0 Å². The van der Waals surface area contributed by atoms with E-state index in [4.69, 9.17) is 0 Å². The molecule has 4 fully saturated rings. The fraction of sp³-hybridized carbons (Fsp3) is 0.583. The zero-order valence-electron chi connectivity index (χ0n) is 18.0. The van der Waals surface area contributed by atoms with Crippen molar-refractivity contribution in [3.63, 3.8) is 0 Å². The van der Waals surface area contributed by atoms with Gasteiger partial charge in [-0.25, -0.2) is 9.97 Å². The predicted molar refractivity (Wildman–Crippen MR) is 111 cm³/mol. The molecule has 0 amide bonds. The molecule has 0 spiro atoms. The van der Waals surface area contributed by atoms with Crippen LogP contribution in [0.2, 0.25) is 0 Å². The first-order valence-corrected chi connectivity index (χ1v) is 11.3. The molecule has 2 aromatic heterocycles. The van der Waals surface area contributed by atoms with Crippen LogP contribution in [0.3, 0.4) is 0 Å². The van der Waals surface area contributed by atoms with E-state index in [1.165, 1.54) is 31.4 Å². The summed E-state index contributed by atoms with van der Waals surface area (Å²) >= 11 is 0. The van der Waals surface area contributed by atoms with E-state index in [1.54, 1.807) is 4.90 Å². The molecule has 0 saturated heterocycles. The Labute approximate surface area is 188 Å². The molecule has 2 heterocycles. The Balaban J connectivity index is 1.41. The van der Waals surface area contributed by atoms with Gasteiger partial charge >= 0.3 is 12.4 Å². The maximum atomic E-state index is 13.0. The molecule has 4 aliphatic carbocycles. The van der Waals surface area contributed by atoms with Crippen LogP contribution >= 0.6 is 0 Å². The maximum absolute atomic E-state index is 13.0. The van der Waals surface area contributed by atoms with E-state index in [0.29, 0.717) is 6.54 Å². The molecule has 4 aliphatic rings. The van der Waals surface area contributed by atoms with Gasteiger partial charge in [-0.1, -0.05) is 0 Å². The van der Waals surface area contributed by atoms with Gasteiger partial charge in [-0.3, -0.25) is 0 Å². The molecule has 0 aliphatic heterocycles. The Morgan fingerprint density at radius 3 is 1.48 bits per heavy atom. The highest BCUT2D eigenvalue weighted by Crippen LogP contribution is 2.61. The molecule has 6 rings (SSSR count). The van der Waals surface area contributed by atoms with Gasteiger partial charge in [0, 0.05) is 18.9 Å². The molecular weight excluding hydrogens is 444 g/mol. The van der Waals surface area contributed by atoms with Crippen molar-refractivity contribution in [1.29, 1.82) is 0 Å². The van der Waals surface area contributed by atoms with Crippen LogP contribution in [-0.4, -0.2) is 16.5 Å². The molecule has 0 atom stereocenters. The van der Waals surface area contributed by atoms with Gasteiger partial charge in [0.15, 0.2) is 0 Å². The second-order valence-corrected chi connectivity index (χ2v) is 10.1. The maximum Gasteiger partial charge on any atom is 0.417 e. The minimum atomic E-state index is -4.51. The molecule has 33 heavy (non-hydrogen) atoms. The van der Waals surface area contributed by atoms with Crippen molar-refractivity contribution in [2.75, 3.05) is 11.4 Å². The van der Waals surface area contributed by atoms with E-state index in [0.717, 1.165) is 68.0 Å². The lowest BCUT2D eigenvalue weighted by Gasteiger charge is -2.57. The van der Waals surface area contributed by atoms with Crippen LogP contribution < -0.4 is 4.90 Å². The third-order valence-electron chi connectivity index (χ3n) is 7.73. The molecule has 3 nitrogen and oxygen atoms in total. The molecule has 178 valence electrons. The number of pyridine rings is 2. The zero-order valence-corrected chi connectivity index (χ0v) is 18.0. The Kier molecular flexibility index (Phi) is 5.36. The molecule has 0 radical (unpaired) electrons. The largest absolute Gasteiger partial charge is 0.417 e. The summed E-state index contributed by atoms with van der Waals surface area (Å²) in [5.74, 6) is 2.74. The number of alkyl halides is 6. The minimum Gasteiger partial charge on any atom is -0.311 e. The Morgan fingerprint density at radius 1 is 0.727 bits per heavy atom. The molecule has 0 aromatic carbocycles. The number of rotatable bonds is 5. The van der Waals surface area contributed by atoms with Crippen LogP contribution in [-0.2, 0) is 12.4 Å². The van der Waals surface area contributed by atoms with Crippen molar-refractivity contribution in [1.82, 2.24) is 9.97 Å². The van der Waals surface area contributed by atoms with Crippen molar-refractivity contribution < 1.29 is 26.3 Å². The summed E-state index contributed by atoms with van der Waals surface area (Å²) in [5, 5.41) is 0. The van der Waals surface area contributed by atoms with Crippen molar-refractivity contribution in [3.05, 3.63) is 47.8 Å². The summed E-state index contributed by atoms with van der Waals surface area (Å²) in [4.78, 5) is 9.66. The third kappa shape index (κ3) is 4.55. The number of hydrogen-bond donors (Lipinski definition) is 0. The van der Waals surface area contributed by atoms with Crippen LogP contribution in [0.1, 0.15) is 56.1 Å². The van der Waals surface area contributed by atoms with E-state index in [-0.39, 0.29) is 17.1 Å². The lowest BCUT2D eigenvalue weighted by Crippen LogP contribution is -2.47. The lowest BCUT2D eigenvalue weighted by atomic mass is 9.49. The fourth-order valence-electron chi connectivity index (χ4n) is 6.72. The molecule has 0 N–H and O–H groups in total. The second kappa shape index (κ2) is 7.87. The van der Waals surface area contributed by atoms with Gasteiger partial charge in [0.2, 0.25) is 0 Å². The highest BCUT2D eigenvalue weighted by Gasteiger charge is 2.50. The fourth-order valence-corrected chi connectivity index (χ4v) is 6.72. The molecule has 0 unspecified atom stereocenters. The summed E-state index contributed by atoms with van der Waals surface area (Å²) in [7, 11) is 0. The van der Waals surface area contributed by atoms with Gasteiger partial charge in [-0.2, -0.15) is 26.3 Å². The summed E-state index contributed by atoms with van der Waals surface area (Å²) in [6, 6.07) is 4.43. The number of nitrogens with zero attached hydrogens (tertiary/aromatic N) is 3. The van der Waals surface area contributed by atoms with E-state index in [2.05, 4.69) is 9.97 Å². The summed E-state index contributed by atoms with van der Waals surface area (Å²) < 4.78 is 78.0. The molecule has 4 saturated carbocycles. The second-order valence-electron chi connectivity index (χ2n) is 10.1. The zero-order chi connectivity index (χ0) is 23.4. The summed E-state index contributed by atoms with van der Waals surface area (Å²) in [6.45, 7) is 0.447. The van der Waals surface area contributed by atoms with Gasteiger partial charge in [0.1, 0.15) is 11.6 Å². The van der Waals surface area contributed by atoms with Crippen LogP contribution in [0.15, 0.2) is 36.7 Å². The predicted octanol–water partition coefficient (Wildman–Crippen LogP) is 7.26. The highest BCUT2D eigenvalue weighted by atomic mass is 19.4. The number of aromatic nitrogens is 2. The first-order chi connectivity index (χ1) is 15.5. The average Bonchev–Trinajstić information content (AvgIpc) is 2.72. The molecule has 2 aromatic rings. The lowest BCUT2D eigenvalue weighted by molar-refractivity contribution is -0.138. The standard InChI is InChI=1S/C24H25F6N3/c25-23(26,27)18-1-3-20(31-13-18)33(21-4-2-19(14-32-21)24(28,29)30)6-5-22-10-15-7-16(11-22)9-17(8-15)12-22/h1-4,13-17H,5-12H2. The van der Waals surface area contributed by atoms with Gasteiger partial charge in [0.05, 0.1) is 11.1 Å². The average molecular weight is 469 g/mol.